The molecule has 286 valence electrons. The minimum Gasteiger partial charge on any atom is -0.490 e. The third-order valence-corrected chi connectivity index (χ3v) is 11.6. The van der Waals surface area contributed by atoms with Gasteiger partial charge in [-0.2, -0.15) is 0 Å². The van der Waals surface area contributed by atoms with Gasteiger partial charge in [-0.1, -0.05) is 60.0 Å². The fourth-order valence-electron chi connectivity index (χ4n) is 7.61. The number of carbonyl (C=O) groups excluding carboxylic acids is 2. The molecular formula is C41H46Cl2FN5O5. The first-order valence-electron chi connectivity index (χ1n) is 18.7. The molecule has 1 aromatic heterocycles. The van der Waals surface area contributed by atoms with Gasteiger partial charge in [0.2, 0.25) is 0 Å². The molecule has 10 nitrogen and oxygen atoms in total. The molecule has 54 heavy (non-hydrogen) atoms. The Bertz CT molecular complexity index is 2080. The lowest BCUT2D eigenvalue weighted by molar-refractivity contribution is -0.153. The molecule has 4 aromatic rings. The van der Waals surface area contributed by atoms with Crippen LogP contribution in [-0.2, 0) is 42.5 Å². The number of benzene rings is 3. The van der Waals surface area contributed by atoms with Crippen LogP contribution in [0.5, 0.6) is 11.5 Å². The summed E-state index contributed by atoms with van der Waals surface area (Å²) < 4.78 is 34.9. The summed E-state index contributed by atoms with van der Waals surface area (Å²) in [6.45, 7) is 7.37. The Morgan fingerprint density at radius 2 is 1.80 bits per heavy atom. The number of esters is 1. The van der Waals surface area contributed by atoms with E-state index in [1.54, 1.807) is 12.1 Å². The van der Waals surface area contributed by atoms with Crippen LogP contribution in [0.2, 0.25) is 10.0 Å². The van der Waals surface area contributed by atoms with Gasteiger partial charge in [0.1, 0.15) is 29.2 Å². The van der Waals surface area contributed by atoms with Crippen molar-refractivity contribution in [3.05, 3.63) is 92.2 Å². The van der Waals surface area contributed by atoms with E-state index in [-0.39, 0.29) is 58.9 Å². The molecule has 1 aliphatic heterocycles. The van der Waals surface area contributed by atoms with Gasteiger partial charge in [-0.15, -0.1) is 0 Å². The van der Waals surface area contributed by atoms with Gasteiger partial charge >= 0.3 is 5.97 Å². The van der Waals surface area contributed by atoms with Gasteiger partial charge < -0.3 is 29.8 Å². The van der Waals surface area contributed by atoms with Gasteiger partial charge in [-0.3, -0.25) is 14.5 Å². The van der Waals surface area contributed by atoms with Crippen molar-refractivity contribution in [1.29, 1.82) is 0 Å². The van der Waals surface area contributed by atoms with E-state index < -0.39 is 5.82 Å². The second kappa shape index (κ2) is 15.9. The Morgan fingerprint density at radius 1 is 1.04 bits per heavy atom. The molecule has 1 amide bonds. The van der Waals surface area contributed by atoms with Crippen LogP contribution in [0.1, 0.15) is 91.3 Å². The van der Waals surface area contributed by atoms with E-state index in [4.69, 9.17) is 48.1 Å². The van der Waals surface area contributed by atoms with E-state index in [2.05, 4.69) is 17.1 Å². The molecule has 2 atom stereocenters. The first kappa shape index (κ1) is 38.1. The second-order valence-corrected chi connectivity index (χ2v) is 15.5. The normalized spacial score (nSPS) is 17.5. The predicted octanol–water partition coefficient (Wildman–Crippen LogP) is 8.19. The standard InChI is InChI=1S/C41H46Cl2FN5O5/c1-22(2)53-34-18-35(37(43)38(44)29(34)19-45)54-33-15-14-26-25(10-6-11-27(26)33)28-12-7-13-30(36(28)42)47-40(50)39-46-31-20-49(17-16-32(31)48(39)4)23(3)21-52-41(51)24-8-5-9-24/h6-7,10-13,18,22-24,33H,5,8-9,14-17,19-21,45H2,1-4H3,(H,47,50). The van der Waals surface area contributed by atoms with Crippen molar-refractivity contribution in [3.63, 3.8) is 0 Å². The Kier molecular flexibility index (Phi) is 11.2. The van der Waals surface area contributed by atoms with Crippen molar-refractivity contribution in [2.24, 2.45) is 18.7 Å². The zero-order valence-corrected chi connectivity index (χ0v) is 32.5. The number of hydrogen-bond acceptors (Lipinski definition) is 8. The number of rotatable bonds is 12. The minimum atomic E-state index is -0.647. The van der Waals surface area contributed by atoms with Crippen molar-refractivity contribution in [1.82, 2.24) is 14.5 Å². The zero-order chi connectivity index (χ0) is 38.3. The molecule has 7 rings (SSSR count). The van der Waals surface area contributed by atoms with Crippen molar-refractivity contribution in [2.75, 3.05) is 18.5 Å². The van der Waals surface area contributed by atoms with Gasteiger partial charge in [0.25, 0.3) is 5.91 Å². The maximum absolute atomic E-state index is 15.3. The molecule has 1 fully saturated rings. The molecule has 2 heterocycles. The number of aromatic nitrogens is 2. The number of hydrogen-bond donors (Lipinski definition) is 2. The van der Waals surface area contributed by atoms with E-state index in [1.807, 2.05) is 55.8 Å². The Hall–Kier alpha value is -4.16. The molecule has 13 heteroatoms. The number of nitrogens with one attached hydrogen (secondary N) is 1. The number of fused-ring (bicyclic) bond motifs is 2. The fourth-order valence-corrected chi connectivity index (χ4v) is 8.10. The van der Waals surface area contributed by atoms with Gasteiger partial charge in [0.15, 0.2) is 11.6 Å². The van der Waals surface area contributed by atoms with E-state index in [0.717, 1.165) is 65.9 Å². The molecule has 2 aliphatic carbocycles. The van der Waals surface area contributed by atoms with Crippen LogP contribution in [-0.4, -0.2) is 51.6 Å². The SMILES string of the molecule is CC(C)Oc1cc(OC2CCc3c(-c4cccc(NC(=O)c5nc6c(n5C)CCN(C(C)COC(=O)C5CCC5)C6)c4Cl)cccc32)c(Cl)c(F)c1CN. The van der Waals surface area contributed by atoms with Gasteiger partial charge in [-0.05, 0) is 69.2 Å². The summed E-state index contributed by atoms with van der Waals surface area (Å²) in [5.41, 5.74) is 12.0. The lowest BCUT2D eigenvalue weighted by Gasteiger charge is -2.32. The Balaban J connectivity index is 1.07. The third-order valence-electron chi connectivity index (χ3n) is 10.8. The molecule has 3 aromatic carbocycles. The molecule has 0 radical (unpaired) electrons. The van der Waals surface area contributed by atoms with Gasteiger partial charge in [-0.25, -0.2) is 9.37 Å². The van der Waals surface area contributed by atoms with Crippen LogP contribution >= 0.6 is 23.2 Å². The third kappa shape index (κ3) is 7.43. The average molecular weight is 779 g/mol. The molecule has 0 saturated heterocycles. The van der Waals surface area contributed by atoms with Crippen molar-refractivity contribution in [3.8, 4) is 22.6 Å². The molecule has 0 spiro atoms. The zero-order valence-electron chi connectivity index (χ0n) is 31.0. The molecule has 3 N–H and O–H groups in total. The second-order valence-electron chi connectivity index (χ2n) is 14.7. The molecular weight excluding hydrogens is 732 g/mol. The van der Waals surface area contributed by atoms with Gasteiger partial charge in [0, 0.05) is 62.0 Å². The molecule has 1 saturated carbocycles. The highest BCUT2D eigenvalue weighted by molar-refractivity contribution is 6.36. The Labute approximate surface area is 325 Å². The lowest BCUT2D eigenvalue weighted by Crippen LogP contribution is -2.41. The topological polar surface area (TPSA) is 121 Å². The number of nitrogens with zero attached hydrogens (tertiary/aromatic N) is 3. The van der Waals surface area contributed by atoms with Crippen molar-refractivity contribution >= 4 is 40.8 Å². The average Bonchev–Trinajstić information content (AvgIpc) is 3.69. The highest BCUT2D eigenvalue weighted by Crippen LogP contribution is 2.45. The monoisotopic (exact) mass is 777 g/mol. The van der Waals surface area contributed by atoms with E-state index in [1.165, 1.54) is 0 Å². The van der Waals surface area contributed by atoms with Crippen molar-refractivity contribution in [2.45, 2.75) is 90.6 Å². The fraction of sp³-hybridized carbons (Fsp3) is 0.439. The van der Waals surface area contributed by atoms with E-state index in [0.29, 0.717) is 48.3 Å². The summed E-state index contributed by atoms with van der Waals surface area (Å²) in [5.74, 6) is -0.262. The molecule has 2 unspecified atom stereocenters. The largest absolute Gasteiger partial charge is 0.490 e. The van der Waals surface area contributed by atoms with Crippen LogP contribution in [0, 0.1) is 11.7 Å². The number of nitrogens with two attached hydrogens (primary N) is 1. The maximum Gasteiger partial charge on any atom is 0.308 e. The van der Waals surface area contributed by atoms with E-state index >= 15 is 4.39 Å². The summed E-state index contributed by atoms with van der Waals surface area (Å²) in [6, 6.07) is 13.1. The molecule has 3 aliphatic rings. The van der Waals surface area contributed by atoms with Crippen LogP contribution in [0.25, 0.3) is 11.1 Å². The predicted molar refractivity (Wildman–Crippen MR) is 207 cm³/mol. The molecule has 0 bridgehead atoms. The number of imidazole rings is 1. The number of carbonyl (C=O) groups is 2. The van der Waals surface area contributed by atoms with Crippen LogP contribution < -0.4 is 20.5 Å². The summed E-state index contributed by atoms with van der Waals surface area (Å²) in [4.78, 5) is 33.0. The summed E-state index contributed by atoms with van der Waals surface area (Å²) in [7, 11) is 1.86. The minimum absolute atomic E-state index is 0.0325. The van der Waals surface area contributed by atoms with Crippen LogP contribution in [0.15, 0.2) is 42.5 Å². The quantitative estimate of drug-likeness (QED) is 0.138. The number of anilines is 1. The highest BCUT2D eigenvalue weighted by Gasteiger charge is 2.32. The Morgan fingerprint density at radius 3 is 2.52 bits per heavy atom. The number of amides is 1. The summed E-state index contributed by atoms with van der Waals surface area (Å²) in [5, 5.41) is 3.27. The van der Waals surface area contributed by atoms with Crippen LogP contribution in [0.3, 0.4) is 0 Å². The lowest BCUT2D eigenvalue weighted by atomic mass is 9.86. The maximum atomic E-state index is 15.3. The first-order chi connectivity index (χ1) is 25.9. The first-order valence-corrected chi connectivity index (χ1v) is 19.4. The van der Waals surface area contributed by atoms with Crippen molar-refractivity contribution < 1.29 is 28.2 Å². The van der Waals surface area contributed by atoms with Crippen LogP contribution in [0.4, 0.5) is 10.1 Å². The highest BCUT2D eigenvalue weighted by atomic mass is 35.5. The smallest absolute Gasteiger partial charge is 0.308 e. The number of ether oxygens (including phenoxy) is 3. The number of halogens is 3. The summed E-state index contributed by atoms with van der Waals surface area (Å²) >= 11 is 13.5. The van der Waals surface area contributed by atoms with E-state index in [9.17, 15) is 9.59 Å². The summed E-state index contributed by atoms with van der Waals surface area (Å²) in [6.07, 6.45) is 4.40. The van der Waals surface area contributed by atoms with Gasteiger partial charge in [0.05, 0.1) is 28.4 Å².